The lowest BCUT2D eigenvalue weighted by Gasteiger charge is -2.09. The second-order valence-electron chi connectivity index (χ2n) is 6.22. The maximum Gasteiger partial charge on any atom is 0.416 e. The van der Waals surface area contributed by atoms with Gasteiger partial charge in [0, 0.05) is 35.4 Å². The number of carbonyl (C=O) groups excluding carboxylic acids is 2. The van der Waals surface area contributed by atoms with E-state index in [4.69, 9.17) is 0 Å². The fraction of sp³-hybridized carbons (Fsp3) is 0.0455. The summed E-state index contributed by atoms with van der Waals surface area (Å²) in [5, 5.41) is 5.23. The third-order valence-electron chi connectivity index (χ3n) is 3.97. The van der Waals surface area contributed by atoms with Gasteiger partial charge in [-0.2, -0.15) is 13.2 Å². The van der Waals surface area contributed by atoms with E-state index in [0.717, 1.165) is 12.1 Å². The summed E-state index contributed by atoms with van der Waals surface area (Å²) >= 11 is 0. The molecule has 1 aromatic heterocycles. The van der Waals surface area contributed by atoms with Gasteiger partial charge in [-0.15, -0.1) is 0 Å². The zero-order chi connectivity index (χ0) is 21.6. The van der Waals surface area contributed by atoms with Crippen LogP contribution in [0.5, 0.6) is 0 Å². The molecular formula is C22H16F3N3O2. The van der Waals surface area contributed by atoms with Crippen LogP contribution in [0, 0.1) is 0 Å². The Morgan fingerprint density at radius 2 is 1.60 bits per heavy atom. The fourth-order valence-corrected chi connectivity index (χ4v) is 2.55. The number of hydrogen-bond acceptors (Lipinski definition) is 3. The highest BCUT2D eigenvalue weighted by atomic mass is 19.4. The molecule has 0 atom stereocenters. The smallest absolute Gasteiger partial charge is 0.322 e. The summed E-state index contributed by atoms with van der Waals surface area (Å²) in [7, 11) is 0. The number of pyridine rings is 1. The SMILES string of the molecule is O=C(C=Cc1cccc(NC(=O)c2cccc(C(F)(F)F)c2)c1)Nc1ccncc1. The van der Waals surface area contributed by atoms with E-state index < -0.39 is 17.6 Å². The Hall–Kier alpha value is -3.94. The van der Waals surface area contributed by atoms with Crippen LogP contribution in [0.2, 0.25) is 0 Å². The third kappa shape index (κ3) is 5.78. The number of amides is 2. The summed E-state index contributed by atoms with van der Waals surface area (Å²) in [6, 6.07) is 14.0. The van der Waals surface area contributed by atoms with Crippen molar-refractivity contribution in [3.05, 3.63) is 95.8 Å². The molecule has 0 unspecified atom stereocenters. The Balaban J connectivity index is 1.67. The number of benzene rings is 2. The number of nitrogens with one attached hydrogen (secondary N) is 2. The Morgan fingerprint density at radius 1 is 0.867 bits per heavy atom. The predicted molar refractivity (Wildman–Crippen MR) is 108 cm³/mol. The van der Waals surface area contributed by atoms with Crippen molar-refractivity contribution in [1.29, 1.82) is 0 Å². The Labute approximate surface area is 170 Å². The van der Waals surface area contributed by atoms with Gasteiger partial charge in [0.05, 0.1) is 5.56 Å². The lowest BCUT2D eigenvalue weighted by molar-refractivity contribution is -0.137. The normalized spacial score (nSPS) is 11.3. The van der Waals surface area contributed by atoms with E-state index in [2.05, 4.69) is 15.6 Å². The topological polar surface area (TPSA) is 71.1 Å². The van der Waals surface area contributed by atoms with E-state index >= 15 is 0 Å². The van der Waals surface area contributed by atoms with Gasteiger partial charge in [0.1, 0.15) is 0 Å². The minimum atomic E-state index is -4.53. The molecule has 1 heterocycles. The van der Waals surface area contributed by atoms with Crippen LogP contribution in [0.15, 0.2) is 79.1 Å². The summed E-state index contributed by atoms with van der Waals surface area (Å²) in [5.74, 6) is -1.02. The van der Waals surface area contributed by atoms with Crippen LogP contribution in [0.25, 0.3) is 6.08 Å². The summed E-state index contributed by atoms with van der Waals surface area (Å²) in [6.07, 6.45) is 1.45. The van der Waals surface area contributed by atoms with Gasteiger partial charge in [0.25, 0.3) is 5.91 Å². The van der Waals surface area contributed by atoms with Crippen LogP contribution in [0.4, 0.5) is 24.5 Å². The number of halogens is 3. The molecule has 0 aliphatic heterocycles. The third-order valence-corrected chi connectivity index (χ3v) is 3.97. The number of rotatable bonds is 5. The molecule has 0 bridgehead atoms. The number of anilines is 2. The molecule has 2 aromatic carbocycles. The van der Waals surface area contributed by atoms with Gasteiger partial charge in [-0.3, -0.25) is 14.6 Å². The van der Waals surface area contributed by atoms with Gasteiger partial charge >= 0.3 is 6.18 Å². The lowest BCUT2D eigenvalue weighted by atomic mass is 10.1. The molecule has 0 fully saturated rings. The maximum absolute atomic E-state index is 12.8. The average Bonchev–Trinajstić information content (AvgIpc) is 2.73. The van der Waals surface area contributed by atoms with Crippen LogP contribution in [-0.4, -0.2) is 16.8 Å². The second-order valence-corrected chi connectivity index (χ2v) is 6.22. The Morgan fingerprint density at radius 3 is 2.33 bits per heavy atom. The van der Waals surface area contributed by atoms with Gasteiger partial charge in [-0.25, -0.2) is 0 Å². The lowest BCUT2D eigenvalue weighted by Crippen LogP contribution is -2.14. The Kier molecular flexibility index (Phi) is 6.26. The molecule has 2 N–H and O–H groups in total. The summed E-state index contributed by atoms with van der Waals surface area (Å²) < 4.78 is 38.5. The number of nitrogens with zero attached hydrogens (tertiary/aromatic N) is 1. The first kappa shape index (κ1) is 20.8. The molecule has 0 saturated heterocycles. The largest absolute Gasteiger partial charge is 0.416 e. The van der Waals surface area contributed by atoms with Crippen molar-refractivity contribution < 1.29 is 22.8 Å². The maximum atomic E-state index is 12.8. The number of hydrogen-bond donors (Lipinski definition) is 2. The minimum absolute atomic E-state index is 0.109. The van der Waals surface area contributed by atoms with Crippen LogP contribution in [0.1, 0.15) is 21.5 Å². The van der Waals surface area contributed by atoms with Gasteiger partial charge < -0.3 is 10.6 Å². The van der Waals surface area contributed by atoms with E-state index in [1.54, 1.807) is 54.9 Å². The fourth-order valence-electron chi connectivity index (χ4n) is 2.55. The molecule has 5 nitrogen and oxygen atoms in total. The molecular weight excluding hydrogens is 395 g/mol. The van der Waals surface area contributed by atoms with Crippen LogP contribution >= 0.6 is 0 Å². The highest BCUT2D eigenvalue weighted by Gasteiger charge is 2.30. The van der Waals surface area contributed by atoms with Crippen molar-refractivity contribution in [3.63, 3.8) is 0 Å². The van der Waals surface area contributed by atoms with E-state index in [9.17, 15) is 22.8 Å². The van der Waals surface area contributed by atoms with Gasteiger partial charge in [-0.05, 0) is 54.1 Å². The van der Waals surface area contributed by atoms with Gasteiger partial charge in [0.15, 0.2) is 0 Å². The van der Waals surface area contributed by atoms with E-state index in [1.165, 1.54) is 18.2 Å². The Bertz CT molecular complexity index is 1080. The van der Waals surface area contributed by atoms with E-state index in [0.29, 0.717) is 16.9 Å². The van der Waals surface area contributed by atoms with E-state index in [1.807, 2.05) is 0 Å². The molecule has 8 heteroatoms. The van der Waals surface area contributed by atoms with Crippen molar-refractivity contribution in [2.75, 3.05) is 10.6 Å². The van der Waals surface area contributed by atoms with Crippen molar-refractivity contribution in [3.8, 4) is 0 Å². The molecule has 0 radical (unpaired) electrons. The van der Waals surface area contributed by atoms with Crippen molar-refractivity contribution >= 4 is 29.3 Å². The zero-order valence-corrected chi connectivity index (χ0v) is 15.5. The molecule has 2 amide bonds. The standard InChI is InChI=1S/C22H16F3N3O2/c23-22(24,25)17-5-2-4-16(14-17)21(30)28-19-6-1-3-15(13-19)7-8-20(29)27-18-9-11-26-12-10-18/h1-14H,(H,28,30)(H,26,27,29). The summed E-state index contributed by atoms with van der Waals surface area (Å²) in [6.45, 7) is 0. The van der Waals surface area contributed by atoms with Crippen LogP contribution in [0.3, 0.4) is 0 Å². The number of carbonyl (C=O) groups is 2. The summed E-state index contributed by atoms with van der Waals surface area (Å²) in [4.78, 5) is 28.1. The van der Waals surface area contributed by atoms with Crippen molar-refractivity contribution in [1.82, 2.24) is 4.98 Å². The van der Waals surface area contributed by atoms with Gasteiger partial charge in [-0.1, -0.05) is 18.2 Å². The van der Waals surface area contributed by atoms with Crippen LogP contribution in [-0.2, 0) is 11.0 Å². The van der Waals surface area contributed by atoms with Crippen molar-refractivity contribution in [2.24, 2.45) is 0 Å². The van der Waals surface area contributed by atoms with Crippen molar-refractivity contribution in [2.45, 2.75) is 6.18 Å². The first-order chi connectivity index (χ1) is 14.3. The highest BCUT2D eigenvalue weighted by Crippen LogP contribution is 2.29. The van der Waals surface area contributed by atoms with Gasteiger partial charge in [0.2, 0.25) is 5.91 Å². The monoisotopic (exact) mass is 411 g/mol. The molecule has 3 rings (SSSR count). The van der Waals surface area contributed by atoms with Crippen LogP contribution < -0.4 is 10.6 Å². The quantitative estimate of drug-likeness (QED) is 0.580. The molecule has 0 spiro atoms. The molecule has 0 aliphatic carbocycles. The second kappa shape index (κ2) is 9.04. The number of alkyl halides is 3. The van der Waals surface area contributed by atoms with E-state index in [-0.39, 0.29) is 11.5 Å². The zero-order valence-electron chi connectivity index (χ0n) is 15.5. The minimum Gasteiger partial charge on any atom is -0.322 e. The molecule has 152 valence electrons. The number of aromatic nitrogens is 1. The highest BCUT2D eigenvalue weighted by molar-refractivity contribution is 6.05. The summed E-state index contributed by atoms with van der Waals surface area (Å²) in [5.41, 5.74) is 0.604. The molecule has 3 aromatic rings. The molecule has 30 heavy (non-hydrogen) atoms. The predicted octanol–water partition coefficient (Wildman–Crippen LogP) is 5.00. The average molecular weight is 411 g/mol. The molecule has 0 saturated carbocycles. The molecule has 0 aliphatic rings. The first-order valence-electron chi connectivity index (χ1n) is 8.79. The first-order valence-corrected chi connectivity index (χ1v) is 8.79.